The van der Waals surface area contributed by atoms with Gasteiger partial charge < -0.3 is 10.4 Å². The van der Waals surface area contributed by atoms with Crippen molar-refractivity contribution in [3.63, 3.8) is 0 Å². The van der Waals surface area contributed by atoms with Crippen molar-refractivity contribution >= 4 is 17.5 Å². The maximum Gasteiger partial charge on any atom is 0.251 e. The monoisotopic (exact) mass is 289 g/mol. The van der Waals surface area contributed by atoms with Gasteiger partial charge in [0.1, 0.15) is 5.75 Å². The van der Waals surface area contributed by atoms with Gasteiger partial charge >= 0.3 is 0 Å². The Morgan fingerprint density at radius 1 is 1.20 bits per heavy atom. The fourth-order valence-electron chi connectivity index (χ4n) is 1.97. The number of nitrogens with one attached hydrogen (secondary N) is 1. The topological polar surface area (TPSA) is 49.3 Å². The van der Waals surface area contributed by atoms with Gasteiger partial charge in [0, 0.05) is 23.6 Å². The molecule has 0 saturated carbocycles. The van der Waals surface area contributed by atoms with E-state index >= 15 is 0 Å². The molecule has 0 heterocycles. The van der Waals surface area contributed by atoms with Gasteiger partial charge in [-0.3, -0.25) is 4.79 Å². The number of phenols is 1. The van der Waals surface area contributed by atoms with E-state index in [0.29, 0.717) is 23.6 Å². The lowest BCUT2D eigenvalue weighted by molar-refractivity contribution is 0.0950. The zero-order valence-electron chi connectivity index (χ0n) is 11.2. The van der Waals surface area contributed by atoms with Gasteiger partial charge in [0.25, 0.3) is 5.91 Å². The molecular weight excluding hydrogens is 274 g/mol. The van der Waals surface area contributed by atoms with E-state index in [0.717, 1.165) is 11.1 Å². The van der Waals surface area contributed by atoms with E-state index in [1.54, 1.807) is 25.1 Å². The summed E-state index contributed by atoms with van der Waals surface area (Å²) < 4.78 is 0. The second kappa shape index (κ2) is 6.44. The van der Waals surface area contributed by atoms with Gasteiger partial charge in [-0.1, -0.05) is 30.3 Å². The molecule has 2 N–H and O–H groups in total. The number of amides is 1. The summed E-state index contributed by atoms with van der Waals surface area (Å²) in [6.45, 7) is 2.15. The van der Waals surface area contributed by atoms with Crippen LogP contribution < -0.4 is 5.32 Å². The molecule has 104 valence electrons. The molecule has 0 aliphatic heterocycles. The molecule has 0 aliphatic carbocycles. The maximum absolute atomic E-state index is 12.1. The molecule has 20 heavy (non-hydrogen) atoms. The van der Waals surface area contributed by atoms with Crippen LogP contribution in [0.2, 0.25) is 0 Å². The summed E-state index contributed by atoms with van der Waals surface area (Å²) in [4.78, 5) is 12.1. The fourth-order valence-corrected chi connectivity index (χ4v) is 2.14. The number of hydrogen-bond donors (Lipinski definition) is 2. The Kier molecular flexibility index (Phi) is 4.64. The highest BCUT2D eigenvalue weighted by Gasteiger charge is 2.10. The molecule has 2 aromatic rings. The lowest BCUT2D eigenvalue weighted by Crippen LogP contribution is -2.23. The predicted octanol–water partition coefficient (Wildman–Crippen LogP) is 3.37. The number of benzene rings is 2. The molecule has 0 unspecified atom stereocenters. The molecule has 0 aliphatic rings. The smallest absolute Gasteiger partial charge is 0.251 e. The van der Waals surface area contributed by atoms with Crippen molar-refractivity contribution in [2.24, 2.45) is 0 Å². The summed E-state index contributed by atoms with van der Waals surface area (Å²) in [5.74, 6) is 0.379. The Bertz CT molecular complexity index is 626. The molecule has 0 radical (unpaired) electrons. The molecule has 0 fully saturated rings. The Labute approximate surface area is 123 Å². The zero-order chi connectivity index (χ0) is 14.5. The molecule has 4 heteroatoms. The summed E-state index contributed by atoms with van der Waals surface area (Å²) in [6.07, 6.45) is 0. The molecule has 2 rings (SSSR count). The summed E-state index contributed by atoms with van der Waals surface area (Å²) in [6, 6.07) is 12.7. The number of aromatic hydroxyl groups is 1. The Hall–Kier alpha value is -2.00. The number of rotatable bonds is 4. The first kappa shape index (κ1) is 14.4. The van der Waals surface area contributed by atoms with Crippen molar-refractivity contribution in [2.45, 2.75) is 19.3 Å². The van der Waals surface area contributed by atoms with Gasteiger partial charge in [-0.05, 0) is 30.2 Å². The largest absolute Gasteiger partial charge is 0.508 e. The van der Waals surface area contributed by atoms with Gasteiger partial charge in [-0.25, -0.2) is 0 Å². The highest BCUT2D eigenvalue weighted by atomic mass is 35.5. The van der Waals surface area contributed by atoms with E-state index in [1.807, 2.05) is 24.3 Å². The minimum Gasteiger partial charge on any atom is -0.508 e. The first-order valence-corrected chi connectivity index (χ1v) is 6.86. The summed E-state index contributed by atoms with van der Waals surface area (Å²) in [5.41, 5.74) is 3.08. The third kappa shape index (κ3) is 3.31. The van der Waals surface area contributed by atoms with Crippen molar-refractivity contribution in [2.75, 3.05) is 0 Å². The predicted molar refractivity (Wildman–Crippen MR) is 80.0 cm³/mol. The van der Waals surface area contributed by atoms with Crippen LogP contribution in [0, 0.1) is 6.92 Å². The molecule has 2 aromatic carbocycles. The molecule has 0 saturated heterocycles. The number of carbonyl (C=O) groups excluding carboxylic acids is 1. The van der Waals surface area contributed by atoms with Crippen LogP contribution in [-0.2, 0) is 12.4 Å². The summed E-state index contributed by atoms with van der Waals surface area (Å²) in [5, 5.41) is 12.4. The van der Waals surface area contributed by atoms with Gasteiger partial charge in [0.05, 0.1) is 0 Å². The first-order valence-electron chi connectivity index (χ1n) is 6.32. The molecule has 0 aromatic heterocycles. The number of phenolic OH excluding ortho intramolecular Hbond substituents is 1. The van der Waals surface area contributed by atoms with Crippen molar-refractivity contribution in [3.05, 3.63) is 64.7 Å². The van der Waals surface area contributed by atoms with Gasteiger partial charge in [-0.2, -0.15) is 0 Å². The Morgan fingerprint density at radius 3 is 2.65 bits per heavy atom. The van der Waals surface area contributed by atoms with E-state index in [9.17, 15) is 9.90 Å². The number of hydrogen-bond acceptors (Lipinski definition) is 2. The third-order valence-corrected chi connectivity index (χ3v) is 3.46. The highest BCUT2D eigenvalue weighted by molar-refractivity contribution is 6.17. The summed E-state index contributed by atoms with van der Waals surface area (Å²) in [7, 11) is 0. The second-order valence-electron chi connectivity index (χ2n) is 4.59. The van der Waals surface area contributed by atoms with E-state index in [1.165, 1.54) is 0 Å². The Balaban J connectivity index is 2.06. The van der Waals surface area contributed by atoms with E-state index in [-0.39, 0.29) is 11.7 Å². The van der Waals surface area contributed by atoms with E-state index in [2.05, 4.69) is 5.32 Å². The zero-order valence-corrected chi connectivity index (χ0v) is 11.9. The standard InChI is InChI=1S/C16H16ClNO2/c1-11-14(6-3-7-15(11)19)16(20)18-10-13-5-2-4-12(8-13)9-17/h2-8,19H,9-10H2,1H3,(H,18,20). The number of carbonyl (C=O) groups is 1. The van der Waals surface area contributed by atoms with E-state index in [4.69, 9.17) is 11.6 Å². The maximum atomic E-state index is 12.1. The van der Waals surface area contributed by atoms with E-state index < -0.39 is 0 Å². The SMILES string of the molecule is Cc1c(O)cccc1C(=O)NCc1cccc(CCl)c1. The van der Waals surface area contributed by atoms with Crippen LogP contribution in [0.4, 0.5) is 0 Å². The van der Waals surface area contributed by atoms with Crippen LogP contribution in [0.15, 0.2) is 42.5 Å². The molecule has 0 spiro atoms. The van der Waals surface area contributed by atoms with Crippen molar-refractivity contribution < 1.29 is 9.90 Å². The van der Waals surface area contributed by atoms with Crippen LogP contribution in [0.5, 0.6) is 5.75 Å². The number of alkyl halides is 1. The summed E-state index contributed by atoms with van der Waals surface area (Å²) >= 11 is 5.78. The van der Waals surface area contributed by atoms with Crippen LogP contribution in [0.3, 0.4) is 0 Å². The lowest BCUT2D eigenvalue weighted by Gasteiger charge is -2.09. The fraction of sp³-hybridized carbons (Fsp3) is 0.188. The molecule has 0 atom stereocenters. The van der Waals surface area contributed by atoms with Crippen LogP contribution in [-0.4, -0.2) is 11.0 Å². The van der Waals surface area contributed by atoms with Crippen molar-refractivity contribution in [1.29, 1.82) is 0 Å². The first-order chi connectivity index (χ1) is 9.61. The lowest BCUT2D eigenvalue weighted by atomic mass is 10.1. The number of halogens is 1. The van der Waals surface area contributed by atoms with Crippen LogP contribution in [0.1, 0.15) is 27.0 Å². The van der Waals surface area contributed by atoms with Crippen LogP contribution in [0.25, 0.3) is 0 Å². The average molecular weight is 290 g/mol. The van der Waals surface area contributed by atoms with Gasteiger partial charge in [0.2, 0.25) is 0 Å². The quantitative estimate of drug-likeness (QED) is 0.848. The minimum absolute atomic E-state index is 0.127. The minimum atomic E-state index is -0.199. The van der Waals surface area contributed by atoms with Gasteiger partial charge in [0.15, 0.2) is 0 Å². The van der Waals surface area contributed by atoms with Gasteiger partial charge in [-0.15, -0.1) is 11.6 Å². The van der Waals surface area contributed by atoms with Crippen molar-refractivity contribution in [3.8, 4) is 5.75 Å². The molecule has 0 bridgehead atoms. The van der Waals surface area contributed by atoms with Crippen LogP contribution >= 0.6 is 11.6 Å². The molecule has 3 nitrogen and oxygen atoms in total. The Morgan fingerprint density at radius 2 is 1.90 bits per heavy atom. The molecular formula is C16H16ClNO2. The normalized spacial score (nSPS) is 10.3. The van der Waals surface area contributed by atoms with Crippen molar-refractivity contribution in [1.82, 2.24) is 5.32 Å². The highest BCUT2D eigenvalue weighted by Crippen LogP contribution is 2.19. The average Bonchev–Trinajstić information content (AvgIpc) is 2.48. The molecule has 1 amide bonds. The third-order valence-electron chi connectivity index (χ3n) is 3.15. The second-order valence-corrected chi connectivity index (χ2v) is 4.85.